The lowest BCUT2D eigenvalue weighted by atomic mass is 9.99. The van der Waals surface area contributed by atoms with Gasteiger partial charge in [-0.15, -0.1) is 0 Å². The van der Waals surface area contributed by atoms with Gasteiger partial charge >= 0.3 is 0 Å². The number of nitrogens with zero attached hydrogens (tertiary/aromatic N) is 1. The molecule has 1 aromatic heterocycles. The van der Waals surface area contributed by atoms with E-state index in [0.29, 0.717) is 10.5 Å². The minimum absolute atomic E-state index is 0.513. The maximum Gasteiger partial charge on any atom is 0.254 e. The van der Waals surface area contributed by atoms with Crippen LogP contribution in [0.1, 0.15) is 0 Å². The molecule has 1 aromatic carbocycles. The first-order chi connectivity index (χ1) is 10.9. The van der Waals surface area contributed by atoms with E-state index < -0.39 is 37.3 Å². The molecule has 5 atom stereocenters. The number of hydrogen-bond donors (Lipinski definition) is 4. The first kappa shape index (κ1) is 17.0. The van der Waals surface area contributed by atoms with Crippen LogP contribution < -0.4 is 4.84 Å². The molecule has 0 unspecified atom stereocenters. The second-order valence-corrected chi connectivity index (χ2v) is 6.47. The quantitative estimate of drug-likeness (QED) is 0.582. The van der Waals surface area contributed by atoms with Crippen LogP contribution in [0.3, 0.4) is 0 Å². The average Bonchev–Trinajstić information content (AvgIpc) is 2.95. The third kappa shape index (κ3) is 2.96. The molecule has 0 amide bonds. The van der Waals surface area contributed by atoms with Crippen LogP contribution in [0.5, 0.6) is 0 Å². The number of aliphatic hydroxyl groups excluding tert-OH is 4. The highest BCUT2D eigenvalue weighted by Gasteiger charge is 2.45. The van der Waals surface area contributed by atoms with Gasteiger partial charge in [-0.25, -0.2) is 0 Å². The number of hydrogen-bond acceptors (Lipinski definition) is 6. The molecule has 2 heterocycles. The fourth-order valence-electron chi connectivity index (χ4n) is 2.49. The predicted octanol–water partition coefficient (Wildman–Crippen LogP) is 0.286. The maximum atomic E-state index is 10.0. The van der Waals surface area contributed by atoms with Gasteiger partial charge in [-0.2, -0.15) is 4.73 Å². The van der Waals surface area contributed by atoms with Crippen LogP contribution in [0.4, 0.5) is 0 Å². The number of halogens is 2. The number of benzene rings is 1. The van der Waals surface area contributed by atoms with Crippen molar-refractivity contribution in [2.75, 3.05) is 6.61 Å². The molecule has 4 N–H and O–H groups in total. The fourth-order valence-corrected chi connectivity index (χ4v) is 3.06. The van der Waals surface area contributed by atoms with Crippen molar-refractivity contribution in [3.05, 3.63) is 33.9 Å². The Hall–Kier alpha value is -0.870. The van der Waals surface area contributed by atoms with Crippen LogP contribution in [0.2, 0.25) is 5.02 Å². The average molecular weight is 409 g/mol. The Morgan fingerprint density at radius 3 is 2.61 bits per heavy atom. The van der Waals surface area contributed by atoms with E-state index in [4.69, 9.17) is 21.2 Å². The molecular weight excluding hydrogens is 394 g/mol. The minimum atomic E-state index is -1.49. The van der Waals surface area contributed by atoms with Gasteiger partial charge in [0.05, 0.1) is 17.1 Å². The van der Waals surface area contributed by atoms with Gasteiger partial charge in [0.25, 0.3) is 6.29 Å². The SMILES string of the molecule is OC[C@H]1O[C@@H](On2ccc3c(Cl)c(Br)ccc32)[C@H](O)[C@@H](O)[C@H]1O. The summed E-state index contributed by atoms with van der Waals surface area (Å²) in [4.78, 5) is 5.55. The molecule has 3 rings (SSSR count). The van der Waals surface area contributed by atoms with Gasteiger partial charge in [0.15, 0.2) is 0 Å². The number of rotatable bonds is 3. The van der Waals surface area contributed by atoms with Crippen LogP contribution in [0.25, 0.3) is 10.9 Å². The molecular formula is C14H15BrClNO6. The van der Waals surface area contributed by atoms with E-state index in [2.05, 4.69) is 15.9 Å². The zero-order valence-corrected chi connectivity index (χ0v) is 14.1. The summed E-state index contributed by atoms with van der Waals surface area (Å²) >= 11 is 9.53. The smallest absolute Gasteiger partial charge is 0.254 e. The molecule has 7 nitrogen and oxygen atoms in total. The lowest BCUT2D eigenvalue weighted by molar-refractivity contribution is -0.299. The third-order valence-corrected chi connectivity index (χ3v) is 5.09. The lowest BCUT2D eigenvalue weighted by Gasteiger charge is -2.39. The van der Waals surface area contributed by atoms with Gasteiger partial charge < -0.3 is 30.0 Å². The summed E-state index contributed by atoms with van der Waals surface area (Å²) in [5, 5.41) is 40.0. The van der Waals surface area contributed by atoms with Crippen molar-refractivity contribution in [2.24, 2.45) is 0 Å². The van der Waals surface area contributed by atoms with Gasteiger partial charge in [-0.1, -0.05) is 11.6 Å². The predicted molar refractivity (Wildman–Crippen MR) is 85.0 cm³/mol. The van der Waals surface area contributed by atoms with E-state index in [1.807, 2.05) is 0 Å². The zero-order valence-electron chi connectivity index (χ0n) is 11.7. The molecule has 0 aliphatic carbocycles. The van der Waals surface area contributed by atoms with Gasteiger partial charge in [0, 0.05) is 16.1 Å². The Bertz CT molecular complexity index is 708. The molecule has 9 heteroatoms. The summed E-state index contributed by atoms with van der Waals surface area (Å²) in [5.41, 5.74) is 0.634. The van der Waals surface area contributed by atoms with Crippen LogP contribution >= 0.6 is 27.5 Å². The number of aliphatic hydroxyl groups is 4. The molecule has 1 fully saturated rings. The molecule has 1 saturated heterocycles. The Labute approximate surface area is 144 Å². The van der Waals surface area contributed by atoms with Gasteiger partial charge in [-0.05, 0) is 34.1 Å². The van der Waals surface area contributed by atoms with Gasteiger partial charge in [0.1, 0.15) is 24.4 Å². The zero-order chi connectivity index (χ0) is 16.7. The fraction of sp³-hybridized carbons (Fsp3) is 0.429. The first-order valence-electron chi connectivity index (χ1n) is 6.86. The topological polar surface area (TPSA) is 104 Å². The largest absolute Gasteiger partial charge is 0.394 e. The van der Waals surface area contributed by atoms with E-state index in [-0.39, 0.29) is 0 Å². The summed E-state index contributed by atoms with van der Waals surface area (Å²) in [6.07, 6.45) is -5.10. The molecule has 0 saturated carbocycles. The summed E-state index contributed by atoms with van der Waals surface area (Å²) in [6.45, 7) is -0.518. The summed E-state index contributed by atoms with van der Waals surface area (Å²) in [5.74, 6) is 0. The molecule has 23 heavy (non-hydrogen) atoms. The van der Waals surface area contributed by atoms with Gasteiger partial charge in [-0.3, -0.25) is 0 Å². The molecule has 1 aliphatic rings. The van der Waals surface area contributed by atoms with Crippen molar-refractivity contribution in [3.63, 3.8) is 0 Å². The van der Waals surface area contributed by atoms with Crippen molar-refractivity contribution in [2.45, 2.75) is 30.7 Å². The molecule has 126 valence electrons. The van der Waals surface area contributed by atoms with Crippen LogP contribution in [-0.2, 0) is 4.74 Å². The summed E-state index contributed by atoms with van der Waals surface area (Å²) in [7, 11) is 0. The van der Waals surface area contributed by atoms with Crippen LogP contribution in [-0.4, -0.2) is 62.5 Å². The first-order valence-corrected chi connectivity index (χ1v) is 8.04. The van der Waals surface area contributed by atoms with E-state index in [9.17, 15) is 20.4 Å². The highest BCUT2D eigenvalue weighted by atomic mass is 79.9. The molecule has 2 aromatic rings. The Balaban J connectivity index is 1.88. The maximum absolute atomic E-state index is 10.0. The highest BCUT2D eigenvalue weighted by Crippen LogP contribution is 2.31. The summed E-state index contributed by atoms with van der Waals surface area (Å²) in [6, 6.07) is 5.24. The van der Waals surface area contributed by atoms with Crippen molar-refractivity contribution in [1.82, 2.24) is 4.73 Å². The van der Waals surface area contributed by atoms with E-state index in [1.54, 1.807) is 24.4 Å². The van der Waals surface area contributed by atoms with E-state index in [1.165, 1.54) is 4.73 Å². The number of aromatic nitrogens is 1. The van der Waals surface area contributed by atoms with Crippen LogP contribution in [0.15, 0.2) is 28.9 Å². The Morgan fingerprint density at radius 1 is 1.17 bits per heavy atom. The number of fused-ring (bicyclic) bond motifs is 1. The molecule has 0 spiro atoms. The molecule has 0 bridgehead atoms. The monoisotopic (exact) mass is 407 g/mol. The van der Waals surface area contributed by atoms with Crippen molar-refractivity contribution in [3.8, 4) is 0 Å². The Kier molecular flexibility index (Phi) is 4.84. The van der Waals surface area contributed by atoms with Crippen molar-refractivity contribution < 1.29 is 30.0 Å². The second kappa shape index (κ2) is 6.56. The normalized spacial score (nSPS) is 31.5. The Morgan fingerprint density at radius 2 is 1.91 bits per heavy atom. The van der Waals surface area contributed by atoms with Gasteiger partial charge in [0.2, 0.25) is 0 Å². The minimum Gasteiger partial charge on any atom is -0.394 e. The second-order valence-electron chi connectivity index (χ2n) is 5.24. The van der Waals surface area contributed by atoms with Crippen molar-refractivity contribution in [1.29, 1.82) is 0 Å². The lowest BCUT2D eigenvalue weighted by Crippen LogP contribution is -2.61. The molecule has 1 aliphatic heterocycles. The molecule has 0 radical (unpaired) electrons. The van der Waals surface area contributed by atoms with Crippen LogP contribution in [0, 0.1) is 0 Å². The van der Waals surface area contributed by atoms with E-state index >= 15 is 0 Å². The summed E-state index contributed by atoms with van der Waals surface area (Å²) < 4.78 is 7.39. The van der Waals surface area contributed by atoms with Crippen molar-refractivity contribution >= 4 is 38.4 Å². The number of ether oxygens (including phenoxy) is 1. The third-order valence-electron chi connectivity index (χ3n) is 3.79. The van der Waals surface area contributed by atoms with E-state index in [0.717, 1.165) is 9.86 Å². The highest BCUT2D eigenvalue weighted by molar-refractivity contribution is 9.10. The standard InChI is InChI=1S/C14H15BrClNO6/c15-7-1-2-8-6(10(7)16)3-4-17(8)23-14-13(21)12(20)11(19)9(5-18)22-14/h1-4,9,11-14,18-21H,5H2/t9-,11+,12+,13-,14+/m1/s1.